The first-order chi connectivity index (χ1) is 13.4. The lowest BCUT2D eigenvalue weighted by Crippen LogP contribution is -2.31. The molecule has 1 atom stereocenters. The summed E-state index contributed by atoms with van der Waals surface area (Å²) in [5, 5.41) is 0. The fourth-order valence-electron chi connectivity index (χ4n) is 2.89. The zero-order valence-corrected chi connectivity index (χ0v) is 16.1. The number of likely N-dealkylation sites (tertiary alicyclic amines) is 1. The van der Waals surface area contributed by atoms with Gasteiger partial charge in [-0.2, -0.15) is 26.3 Å². The summed E-state index contributed by atoms with van der Waals surface area (Å²) in [5.41, 5.74) is -3.73. The Morgan fingerprint density at radius 3 is 2.28 bits per heavy atom. The Bertz CT molecular complexity index is 884. The molecule has 0 saturated carbocycles. The molecule has 11 heteroatoms. The number of carbonyl (C=O) groups excluding carboxylic acids is 1. The number of alkyl halides is 6. The Kier molecular flexibility index (Phi) is 5.79. The molecular formula is C18H13BrF6N2O2. The van der Waals surface area contributed by atoms with Crippen LogP contribution in [0.4, 0.5) is 26.3 Å². The molecule has 0 bridgehead atoms. The van der Waals surface area contributed by atoms with E-state index in [4.69, 9.17) is 4.74 Å². The third-order valence-electron chi connectivity index (χ3n) is 4.27. The monoisotopic (exact) mass is 482 g/mol. The molecule has 1 aliphatic rings. The third kappa shape index (κ3) is 5.01. The zero-order chi connectivity index (χ0) is 21.4. The van der Waals surface area contributed by atoms with E-state index >= 15 is 0 Å². The van der Waals surface area contributed by atoms with Crippen molar-refractivity contribution in [2.24, 2.45) is 0 Å². The minimum absolute atomic E-state index is 0.00865. The predicted octanol–water partition coefficient (Wildman–Crippen LogP) is 5.18. The minimum Gasteiger partial charge on any atom is -0.472 e. The van der Waals surface area contributed by atoms with Crippen molar-refractivity contribution in [3.05, 3.63) is 57.7 Å². The molecule has 156 valence electrons. The van der Waals surface area contributed by atoms with Crippen molar-refractivity contribution in [2.75, 3.05) is 13.1 Å². The van der Waals surface area contributed by atoms with Crippen LogP contribution in [-0.2, 0) is 12.4 Å². The number of halogens is 7. The molecule has 0 aliphatic carbocycles. The topological polar surface area (TPSA) is 42.4 Å². The Morgan fingerprint density at radius 2 is 1.72 bits per heavy atom. The van der Waals surface area contributed by atoms with Crippen LogP contribution in [0.5, 0.6) is 5.88 Å². The molecule has 0 radical (unpaired) electrons. The molecule has 1 unspecified atom stereocenters. The Hall–Kier alpha value is -2.30. The Balaban J connectivity index is 1.81. The zero-order valence-electron chi connectivity index (χ0n) is 14.5. The lowest BCUT2D eigenvalue weighted by atomic mass is 10.0. The minimum atomic E-state index is -5.02. The highest BCUT2D eigenvalue weighted by molar-refractivity contribution is 9.10. The van der Waals surface area contributed by atoms with Gasteiger partial charge in [0.05, 0.1) is 22.1 Å². The van der Waals surface area contributed by atoms with Gasteiger partial charge in [-0.25, -0.2) is 4.98 Å². The molecule has 0 spiro atoms. The molecule has 1 fully saturated rings. The number of aromatic nitrogens is 1. The molecule has 0 N–H and O–H groups in total. The molecule has 1 amide bonds. The summed E-state index contributed by atoms with van der Waals surface area (Å²) in [5.74, 6) is -0.641. The van der Waals surface area contributed by atoms with Crippen LogP contribution in [0.2, 0.25) is 0 Å². The molecule has 2 aromatic rings. The van der Waals surface area contributed by atoms with Gasteiger partial charge in [-0.3, -0.25) is 4.79 Å². The fraction of sp³-hybridized carbons (Fsp3) is 0.333. The summed E-state index contributed by atoms with van der Waals surface area (Å²) in [6.45, 7) is 0.144. The van der Waals surface area contributed by atoms with Crippen molar-refractivity contribution in [3.8, 4) is 5.88 Å². The number of ether oxygens (including phenoxy) is 1. The quantitative estimate of drug-likeness (QED) is 0.566. The molecule has 4 nitrogen and oxygen atoms in total. The van der Waals surface area contributed by atoms with Crippen LogP contribution in [0.15, 0.2) is 41.0 Å². The Morgan fingerprint density at radius 1 is 1.10 bits per heavy atom. The van der Waals surface area contributed by atoms with E-state index in [0.29, 0.717) is 23.0 Å². The maximum Gasteiger partial charge on any atom is 0.416 e. The highest BCUT2D eigenvalue weighted by Gasteiger charge is 2.38. The van der Waals surface area contributed by atoms with E-state index in [1.165, 1.54) is 6.20 Å². The van der Waals surface area contributed by atoms with Gasteiger partial charge in [0.1, 0.15) is 6.10 Å². The molecule has 2 heterocycles. The summed E-state index contributed by atoms with van der Waals surface area (Å²) in [6.07, 6.45) is -8.66. The number of nitrogens with zero attached hydrogens (tertiary/aromatic N) is 2. The number of hydrogen-bond acceptors (Lipinski definition) is 3. The summed E-state index contributed by atoms with van der Waals surface area (Å²) in [6, 6.07) is 4.22. The van der Waals surface area contributed by atoms with Gasteiger partial charge in [-0.15, -0.1) is 0 Å². The van der Waals surface area contributed by atoms with Gasteiger partial charge >= 0.3 is 12.4 Å². The van der Waals surface area contributed by atoms with Crippen molar-refractivity contribution in [1.29, 1.82) is 0 Å². The summed E-state index contributed by atoms with van der Waals surface area (Å²) < 4.78 is 84.2. The van der Waals surface area contributed by atoms with Crippen LogP contribution < -0.4 is 4.74 Å². The van der Waals surface area contributed by atoms with Crippen LogP contribution >= 0.6 is 15.9 Å². The number of hydrogen-bond donors (Lipinski definition) is 0. The number of benzene rings is 1. The van der Waals surface area contributed by atoms with Gasteiger partial charge in [0, 0.05) is 24.7 Å². The van der Waals surface area contributed by atoms with Crippen molar-refractivity contribution < 1.29 is 35.9 Å². The standard InChI is InChI=1S/C18H13BrF6N2O2/c19-14-2-1-4-26-15(14)29-13-3-5-27(9-13)16(28)10-6-11(17(20,21)22)8-12(7-10)18(23,24)25/h1-2,4,6-8,13H,3,5,9H2. The largest absolute Gasteiger partial charge is 0.472 e. The summed E-state index contributed by atoms with van der Waals surface area (Å²) in [7, 11) is 0. The number of carbonyl (C=O) groups is 1. The molecule has 29 heavy (non-hydrogen) atoms. The first-order valence-corrected chi connectivity index (χ1v) is 9.10. The van der Waals surface area contributed by atoms with E-state index in [9.17, 15) is 31.1 Å². The van der Waals surface area contributed by atoms with Crippen molar-refractivity contribution >= 4 is 21.8 Å². The molecule has 3 rings (SSSR count). The van der Waals surface area contributed by atoms with Gasteiger partial charge in [0.2, 0.25) is 5.88 Å². The predicted molar refractivity (Wildman–Crippen MR) is 93.3 cm³/mol. The summed E-state index contributed by atoms with van der Waals surface area (Å²) in [4.78, 5) is 17.8. The maximum absolute atomic E-state index is 13.0. The number of pyridine rings is 1. The number of rotatable bonds is 3. The normalized spacial score (nSPS) is 17.5. The highest BCUT2D eigenvalue weighted by atomic mass is 79.9. The van der Waals surface area contributed by atoms with E-state index < -0.39 is 41.1 Å². The highest BCUT2D eigenvalue weighted by Crippen LogP contribution is 2.36. The average molecular weight is 483 g/mol. The van der Waals surface area contributed by atoms with Gasteiger partial charge in [0.15, 0.2) is 0 Å². The van der Waals surface area contributed by atoms with Crippen LogP contribution in [0.1, 0.15) is 27.9 Å². The first kappa shape index (κ1) is 21.4. The van der Waals surface area contributed by atoms with Crippen molar-refractivity contribution in [1.82, 2.24) is 9.88 Å². The molecular weight excluding hydrogens is 470 g/mol. The van der Waals surface area contributed by atoms with E-state index in [-0.39, 0.29) is 25.0 Å². The second kappa shape index (κ2) is 7.85. The van der Waals surface area contributed by atoms with Crippen molar-refractivity contribution in [2.45, 2.75) is 24.9 Å². The van der Waals surface area contributed by atoms with Crippen LogP contribution in [0.3, 0.4) is 0 Å². The van der Waals surface area contributed by atoms with E-state index in [2.05, 4.69) is 20.9 Å². The van der Waals surface area contributed by atoms with Crippen LogP contribution in [-0.4, -0.2) is 35.0 Å². The molecule has 1 aromatic carbocycles. The third-order valence-corrected chi connectivity index (χ3v) is 4.87. The van der Waals surface area contributed by atoms with Gasteiger partial charge in [0.25, 0.3) is 5.91 Å². The average Bonchev–Trinajstić information content (AvgIpc) is 3.10. The molecule has 1 aromatic heterocycles. The SMILES string of the molecule is O=C(c1cc(C(F)(F)F)cc(C(F)(F)F)c1)N1CCC(Oc2ncccc2Br)C1. The second-order valence-electron chi connectivity index (χ2n) is 6.36. The van der Waals surface area contributed by atoms with Gasteiger partial charge in [-0.1, -0.05) is 0 Å². The fourth-order valence-corrected chi connectivity index (χ4v) is 3.23. The summed E-state index contributed by atoms with van der Waals surface area (Å²) >= 11 is 3.26. The second-order valence-corrected chi connectivity index (χ2v) is 7.22. The smallest absolute Gasteiger partial charge is 0.416 e. The number of amides is 1. The van der Waals surface area contributed by atoms with E-state index in [0.717, 1.165) is 4.90 Å². The maximum atomic E-state index is 13.0. The van der Waals surface area contributed by atoms with E-state index in [1.807, 2.05) is 0 Å². The molecule has 1 aliphatic heterocycles. The lowest BCUT2D eigenvalue weighted by molar-refractivity contribution is -0.143. The first-order valence-electron chi connectivity index (χ1n) is 8.31. The lowest BCUT2D eigenvalue weighted by Gasteiger charge is -2.19. The van der Waals surface area contributed by atoms with Crippen LogP contribution in [0, 0.1) is 0 Å². The Labute approximate surface area is 169 Å². The van der Waals surface area contributed by atoms with Crippen molar-refractivity contribution in [3.63, 3.8) is 0 Å². The molecule has 1 saturated heterocycles. The van der Waals surface area contributed by atoms with Gasteiger partial charge < -0.3 is 9.64 Å². The van der Waals surface area contributed by atoms with Crippen LogP contribution in [0.25, 0.3) is 0 Å². The van der Waals surface area contributed by atoms with Gasteiger partial charge in [-0.05, 0) is 46.3 Å². The van der Waals surface area contributed by atoms with E-state index in [1.54, 1.807) is 12.1 Å².